The zero-order valence-corrected chi connectivity index (χ0v) is 27.8. The number of esters is 1. The summed E-state index contributed by atoms with van der Waals surface area (Å²) in [5.41, 5.74) is 5.11. The Morgan fingerprint density at radius 3 is 1.96 bits per heavy atom. The molecule has 2 heterocycles. The molecule has 0 spiro atoms. The molecule has 1 unspecified atom stereocenters. The molecule has 0 radical (unpaired) electrons. The zero-order chi connectivity index (χ0) is 32.0. The molecule has 250 valence electrons. The van der Waals surface area contributed by atoms with Gasteiger partial charge in [-0.15, -0.1) is 12.4 Å². The van der Waals surface area contributed by atoms with Crippen LogP contribution < -0.4 is 10.6 Å². The first-order valence-corrected chi connectivity index (χ1v) is 15.4. The highest BCUT2D eigenvalue weighted by Gasteiger charge is 2.38. The quantitative estimate of drug-likeness (QED) is 0.132. The van der Waals surface area contributed by atoms with Crippen molar-refractivity contribution in [2.45, 2.75) is 44.4 Å². The molecule has 2 aliphatic heterocycles. The van der Waals surface area contributed by atoms with E-state index in [4.69, 9.17) is 4.74 Å². The number of nitro groups is 1. The van der Waals surface area contributed by atoms with Gasteiger partial charge in [-0.2, -0.15) is 0 Å². The summed E-state index contributed by atoms with van der Waals surface area (Å²) in [6.07, 6.45) is 2.81. The molecule has 0 aromatic heterocycles. The lowest BCUT2D eigenvalue weighted by molar-refractivity contribution is -0.384. The molecule has 10 nitrogen and oxygen atoms in total. The SMILES string of the molecule is COC(=O)C1=C(C)NC(C)=C(C(=O)NCCCN2CCC(c3ccccc3)(c3ccccc3)CC2)C1c1ccc([N+](=O)[O-])cc1.Cl.O. The molecule has 11 heteroatoms. The van der Waals surface area contributed by atoms with Crippen LogP contribution in [-0.2, 0) is 19.7 Å². The number of methoxy groups -OCH3 is 1. The summed E-state index contributed by atoms with van der Waals surface area (Å²) in [6.45, 7) is 6.80. The van der Waals surface area contributed by atoms with Crippen LogP contribution in [-0.4, -0.2) is 60.5 Å². The Morgan fingerprint density at radius 1 is 0.915 bits per heavy atom. The van der Waals surface area contributed by atoms with Crippen LogP contribution in [0.25, 0.3) is 0 Å². The number of nitrogens with one attached hydrogen (secondary N) is 2. The number of allylic oxidation sites excluding steroid dienone is 2. The number of carbonyl (C=O) groups is 2. The van der Waals surface area contributed by atoms with E-state index in [1.165, 1.54) is 30.4 Å². The Labute approximate surface area is 281 Å². The molecule has 2 aliphatic rings. The van der Waals surface area contributed by atoms with Gasteiger partial charge in [0.05, 0.1) is 23.5 Å². The van der Waals surface area contributed by atoms with E-state index < -0.39 is 16.8 Å². The summed E-state index contributed by atoms with van der Waals surface area (Å²) in [4.78, 5) is 39.8. The average molecular weight is 663 g/mol. The van der Waals surface area contributed by atoms with Gasteiger partial charge < -0.3 is 25.7 Å². The van der Waals surface area contributed by atoms with Crippen molar-refractivity contribution in [3.63, 3.8) is 0 Å². The maximum Gasteiger partial charge on any atom is 0.336 e. The Kier molecular flexibility index (Phi) is 12.9. The Balaban J connectivity index is 0.00000300. The molecule has 4 N–H and O–H groups in total. The van der Waals surface area contributed by atoms with E-state index in [-0.39, 0.29) is 34.9 Å². The third-order valence-electron chi connectivity index (χ3n) is 9.15. The number of ether oxygens (including phenoxy) is 1. The van der Waals surface area contributed by atoms with Crippen molar-refractivity contribution in [2.24, 2.45) is 0 Å². The molecule has 5 rings (SSSR count). The summed E-state index contributed by atoms with van der Waals surface area (Å²) in [5, 5.41) is 17.5. The lowest BCUT2D eigenvalue weighted by Gasteiger charge is -2.43. The van der Waals surface area contributed by atoms with E-state index >= 15 is 0 Å². The number of likely N-dealkylation sites (tertiary alicyclic amines) is 1. The van der Waals surface area contributed by atoms with Gasteiger partial charge in [-0.3, -0.25) is 14.9 Å². The third-order valence-corrected chi connectivity index (χ3v) is 9.15. The minimum Gasteiger partial charge on any atom is -0.466 e. The number of hydrogen-bond donors (Lipinski definition) is 2. The minimum absolute atomic E-state index is 0. The van der Waals surface area contributed by atoms with E-state index in [1.807, 2.05) is 0 Å². The van der Waals surface area contributed by atoms with Crippen molar-refractivity contribution in [2.75, 3.05) is 33.3 Å². The van der Waals surface area contributed by atoms with Gasteiger partial charge in [0.2, 0.25) is 5.91 Å². The number of non-ortho nitro benzene ring substituents is 1. The fourth-order valence-electron chi connectivity index (χ4n) is 6.81. The highest BCUT2D eigenvalue weighted by molar-refractivity contribution is 6.02. The first-order chi connectivity index (χ1) is 21.7. The summed E-state index contributed by atoms with van der Waals surface area (Å²) in [5.74, 6) is -1.58. The average Bonchev–Trinajstić information content (AvgIpc) is 3.07. The first kappa shape index (κ1) is 37.0. The van der Waals surface area contributed by atoms with E-state index in [9.17, 15) is 19.7 Å². The highest BCUT2D eigenvalue weighted by Crippen LogP contribution is 2.42. The van der Waals surface area contributed by atoms with Crippen LogP contribution in [0.3, 0.4) is 0 Å². The van der Waals surface area contributed by atoms with Crippen LogP contribution in [0.5, 0.6) is 0 Å². The number of benzene rings is 3. The topological polar surface area (TPSA) is 145 Å². The van der Waals surface area contributed by atoms with Gasteiger partial charge in [0.15, 0.2) is 0 Å². The normalized spacial score (nSPS) is 17.5. The van der Waals surface area contributed by atoms with Crippen LogP contribution in [0.1, 0.15) is 55.7 Å². The summed E-state index contributed by atoms with van der Waals surface area (Å²) in [6, 6.07) is 27.5. The molecule has 3 aromatic carbocycles. The number of nitro benzene ring substituents is 1. The molecule has 47 heavy (non-hydrogen) atoms. The van der Waals surface area contributed by atoms with Crippen molar-refractivity contribution in [1.29, 1.82) is 0 Å². The fourth-order valence-corrected chi connectivity index (χ4v) is 6.81. The monoisotopic (exact) mass is 662 g/mol. The molecule has 1 fully saturated rings. The summed E-state index contributed by atoms with van der Waals surface area (Å²) < 4.78 is 5.07. The third kappa shape index (κ3) is 7.90. The van der Waals surface area contributed by atoms with E-state index in [1.54, 1.807) is 26.0 Å². The van der Waals surface area contributed by atoms with Crippen LogP contribution in [0.4, 0.5) is 5.69 Å². The van der Waals surface area contributed by atoms with Gasteiger partial charge in [-0.25, -0.2) is 4.79 Å². The molecular weight excluding hydrogens is 620 g/mol. The smallest absolute Gasteiger partial charge is 0.336 e. The van der Waals surface area contributed by atoms with E-state index in [0.717, 1.165) is 38.9 Å². The molecule has 1 amide bonds. The second-order valence-corrected chi connectivity index (χ2v) is 11.7. The fraction of sp³-hybridized carbons (Fsp3) is 0.333. The molecule has 3 aromatic rings. The summed E-state index contributed by atoms with van der Waals surface area (Å²) >= 11 is 0. The van der Waals surface area contributed by atoms with Crippen LogP contribution in [0.2, 0.25) is 0 Å². The minimum atomic E-state index is -0.731. The predicted molar refractivity (Wildman–Crippen MR) is 184 cm³/mol. The lowest BCUT2D eigenvalue weighted by atomic mass is 9.68. The molecule has 1 atom stereocenters. The standard InChI is InChI=1S/C36H40N4O5.ClH.H2O/c1-25-31(33(32(26(2)38-25)35(42)45-3)27-15-17-30(18-16-27)40(43)44)34(41)37-21-10-22-39-23-19-36(20-24-39,28-11-6-4-7-12-28)29-13-8-5-9-14-29;;/h4-9,11-18,33,38H,10,19-24H2,1-3H3,(H,37,41);1H;1H2. The predicted octanol–water partition coefficient (Wildman–Crippen LogP) is 5.19. The van der Waals surface area contributed by atoms with Crippen LogP contribution >= 0.6 is 12.4 Å². The zero-order valence-electron chi connectivity index (χ0n) is 27.0. The number of amides is 1. The first-order valence-electron chi connectivity index (χ1n) is 15.4. The van der Waals surface area contributed by atoms with Crippen LogP contribution in [0.15, 0.2) is 107 Å². The Hall–Kier alpha value is -4.51. The van der Waals surface area contributed by atoms with E-state index in [2.05, 4.69) is 76.2 Å². The van der Waals surface area contributed by atoms with Crippen LogP contribution in [0, 0.1) is 10.1 Å². The number of halogens is 1. The second kappa shape index (κ2) is 16.4. The second-order valence-electron chi connectivity index (χ2n) is 11.7. The Bertz CT molecular complexity index is 1560. The van der Waals surface area contributed by atoms with Gasteiger partial charge in [0, 0.05) is 41.1 Å². The van der Waals surface area contributed by atoms with E-state index in [0.29, 0.717) is 34.6 Å². The number of hydrogen-bond acceptors (Lipinski definition) is 7. The van der Waals surface area contributed by atoms with Crippen molar-refractivity contribution < 1.29 is 24.7 Å². The molecule has 0 bridgehead atoms. The van der Waals surface area contributed by atoms with Gasteiger partial charge in [-0.05, 0) is 69.4 Å². The molecular formula is C36H43ClN4O6. The van der Waals surface area contributed by atoms with Gasteiger partial charge in [0.25, 0.3) is 5.69 Å². The lowest BCUT2D eigenvalue weighted by Crippen LogP contribution is -2.44. The molecule has 0 aliphatic carbocycles. The highest BCUT2D eigenvalue weighted by atomic mass is 35.5. The number of carbonyl (C=O) groups excluding carboxylic acids is 2. The number of rotatable bonds is 10. The number of piperidine rings is 1. The maximum absolute atomic E-state index is 13.7. The number of nitrogens with zero attached hydrogens (tertiary/aromatic N) is 2. The molecule has 0 saturated carbocycles. The molecule has 1 saturated heterocycles. The number of dihydropyridines is 1. The van der Waals surface area contributed by atoms with Crippen molar-refractivity contribution in [1.82, 2.24) is 15.5 Å². The van der Waals surface area contributed by atoms with Crippen molar-refractivity contribution >= 4 is 30.0 Å². The van der Waals surface area contributed by atoms with Gasteiger partial charge in [0.1, 0.15) is 0 Å². The van der Waals surface area contributed by atoms with Crippen molar-refractivity contribution in [3.05, 3.63) is 134 Å². The maximum atomic E-state index is 13.7. The Morgan fingerprint density at radius 2 is 1.45 bits per heavy atom. The summed E-state index contributed by atoms with van der Waals surface area (Å²) in [7, 11) is 1.30. The largest absolute Gasteiger partial charge is 0.466 e. The van der Waals surface area contributed by atoms with Gasteiger partial charge in [-0.1, -0.05) is 72.8 Å². The van der Waals surface area contributed by atoms with Gasteiger partial charge >= 0.3 is 5.97 Å². The van der Waals surface area contributed by atoms with Crippen molar-refractivity contribution in [3.8, 4) is 0 Å².